The summed E-state index contributed by atoms with van der Waals surface area (Å²) in [7, 11) is -3.11. The van der Waals surface area contributed by atoms with E-state index in [9.17, 15) is 8.42 Å². The molecule has 3 heterocycles. The summed E-state index contributed by atoms with van der Waals surface area (Å²) in [5.41, 5.74) is 2.31. The molecule has 0 aliphatic carbocycles. The van der Waals surface area contributed by atoms with Crippen LogP contribution in [-0.4, -0.2) is 41.5 Å². The van der Waals surface area contributed by atoms with Crippen LogP contribution in [-0.2, 0) is 10.0 Å². The third kappa shape index (κ3) is 2.51. The van der Waals surface area contributed by atoms with Crippen LogP contribution >= 0.6 is 11.3 Å². The highest BCUT2D eigenvalue weighted by atomic mass is 32.2. The highest BCUT2D eigenvalue weighted by Gasteiger charge is 2.30. The molecule has 0 saturated carbocycles. The molecule has 1 aliphatic rings. The van der Waals surface area contributed by atoms with Gasteiger partial charge in [-0.05, 0) is 33.6 Å². The normalized spacial score (nSPS) is 21.2. The first-order valence-corrected chi connectivity index (χ1v) is 9.85. The fourth-order valence-corrected chi connectivity index (χ4v) is 5.25. The molecule has 3 rings (SSSR count). The van der Waals surface area contributed by atoms with E-state index in [1.165, 1.54) is 21.7 Å². The van der Waals surface area contributed by atoms with E-state index >= 15 is 0 Å². The van der Waals surface area contributed by atoms with Gasteiger partial charge in [0.1, 0.15) is 10.7 Å². The van der Waals surface area contributed by atoms with Gasteiger partial charge in [0.25, 0.3) is 0 Å². The van der Waals surface area contributed by atoms with Gasteiger partial charge in [0, 0.05) is 29.6 Å². The molecule has 0 aromatic carbocycles. The molecule has 5 nitrogen and oxygen atoms in total. The average molecular weight is 327 g/mol. The molecular formula is C14H21N3O2S2. The van der Waals surface area contributed by atoms with Gasteiger partial charge in [-0.1, -0.05) is 0 Å². The van der Waals surface area contributed by atoms with Gasteiger partial charge in [-0.2, -0.15) is 0 Å². The monoisotopic (exact) mass is 327 g/mol. The van der Waals surface area contributed by atoms with Gasteiger partial charge in [-0.3, -0.25) is 4.40 Å². The minimum absolute atomic E-state index is 0.203. The number of imidazole rings is 1. The average Bonchev–Trinajstić information content (AvgIpc) is 2.88. The molecule has 0 unspecified atom stereocenters. The van der Waals surface area contributed by atoms with Crippen molar-refractivity contribution in [1.82, 2.24) is 13.7 Å². The van der Waals surface area contributed by atoms with Crippen LogP contribution in [0.25, 0.3) is 4.83 Å². The fraction of sp³-hybridized carbons (Fsp3) is 0.643. The van der Waals surface area contributed by atoms with E-state index in [-0.39, 0.29) is 5.92 Å². The van der Waals surface area contributed by atoms with Crippen molar-refractivity contribution in [2.45, 2.75) is 39.5 Å². The van der Waals surface area contributed by atoms with Crippen LogP contribution in [0.15, 0.2) is 0 Å². The standard InChI is InChI=1S/C14H21N3O2S2/c1-9-10(2)20-14-13(15-11(3)17(9)14)12-6-5-7-16(8-12)21(4,18)19/h12H,5-8H2,1-4H3/t12-/m0/s1. The zero-order valence-corrected chi connectivity index (χ0v) is 14.5. The van der Waals surface area contributed by atoms with Crippen molar-refractivity contribution in [2.75, 3.05) is 19.3 Å². The lowest BCUT2D eigenvalue weighted by Gasteiger charge is -2.30. The van der Waals surface area contributed by atoms with Crippen molar-refractivity contribution in [2.24, 2.45) is 0 Å². The second kappa shape index (κ2) is 5.07. The molecule has 21 heavy (non-hydrogen) atoms. The third-order valence-electron chi connectivity index (χ3n) is 4.36. The van der Waals surface area contributed by atoms with E-state index in [4.69, 9.17) is 4.98 Å². The number of aromatic nitrogens is 2. The number of fused-ring (bicyclic) bond motifs is 1. The molecule has 2 aromatic rings. The minimum atomic E-state index is -3.11. The molecule has 1 atom stereocenters. The maximum atomic E-state index is 11.8. The number of hydrogen-bond acceptors (Lipinski definition) is 4. The zero-order valence-electron chi connectivity index (χ0n) is 12.9. The molecule has 1 aliphatic heterocycles. The topological polar surface area (TPSA) is 54.7 Å². The van der Waals surface area contributed by atoms with Crippen LogP contribution in [0.2, 0.25) is 0 Å². The first kappa shape index (κ1) is 15.0. The lowest BCUT2D eigenvalue weighted by molar-refractivity contribution is 0.316. The predicted octanol–water partition coefficient (Wildman–Crippen LogP) is 2.46. The molecule has 0 spiro atoms. The van der Waals surface area contributed by atoms with Crippen molar-refractivity contribution in [3.05, 3.63) is 22.1 Å². The Balaban J connectivity index is 2.03. The Kier molecular flexibility index (Phi) is 3.62. The number of rotatable bonds is 2. The Morgan fingerprint density at radius 2 is 2.00 bits per heavy atom. The number of sulfonamides is 1. The Labute approximate surface area is 129 Å². The Morgan fingerprint density at radius 1 is 1.29 bits per heavy atom. The largest absolute Gasteiger partial charge is 0.291 e. The minimum Gasteiger partial charge on any atom is -0.291 e. The maximum Gasteiger partial charge on any atom is 0.211 e. The molecule has 0 N–H and O–H groups in total. The second-order valence-electron chi connectivity index (χ2n) is 5.89. The molecule has 7 heteroatoms. The van der Waals surface area contributed by atoms with E-state index in [1.54, 1.807) is 15.6 Å². The van der Waals surface area contributed by atoms with Crippen LogP contribution < -0.4 is 0 Å². The molecule has 2 aromatic heterocycles. The highest BCUT2D eigenvalue weighted by molar-refractivity contribution is 7.88. The first-order chi connectivity index (χ1) is 9.79. The Morgan fingerprint density at radius 3 is 2.67 bits per heavy atom. The van der Waals surface area contributed by atoms with Gasteiger partial charge in [0.15, 0.2) is 0 Å². The van der Waals surface area contributed by atoms with Gasteiger partial charge in [0.05, 0.1) is 11.9 Å². The van der Waals surface area contributed by atoms with Crippen molar-refractivity contribution < 1.29 is 8.42 Å². The van der Waals surface area contributed by atoms with Gasteiger partial charge in [0.2, 0.25) is 10.0 Å². The number of hydrogen-bond donors (Lipinski definition) is 0. The molecule has 0 radical (unpaired) electrons. The molecule has 0 bridgehead atoms. The number of nitrogens with zero attached hydrogens (tertiary/aromatic N) is 3. The van der Waals surface area contributed by atoms with Crippen LogP contribution in [0.5, 0.6) is 0 Å². The highest BCUT2D eigenvalue weighted by Crippen LogP contribution is 2.35. The summed E-state index contributed by atoms with van der Waals surface area (Å²) in [4.78, 5) is 7.23. The quantitative estimate of drug-likeness (QED) is 0.851. The van der Waals surface area contributed by atoms with Crippen LogP contribution in [0, 0.1) is 20.8 Å². The Bertz CT molecular complexity index is 789. The van der Waals surface area contributed by atoms with Crippen LogP contribution in [0.1, 0.15) is 40.8 Å². The second-order valence-corrected chi connectivity index (χ2v) is 9.07. The maximum absolute atomic E-state index is 11.8. The number of aryl methyl sites for hydroxylation is 3. The molecule has 1 saturated heterocycles. The van der Waals surface area contributed by atoms with E-state index < -0.39 is 10.0 Å². The van der Waals surface area contributed by atoms with Crippen molar-refractivity contribution in [1.29, 1.82) is 0 Å². The summed E-state index contributed by atoms with van der Waals surface area (Å²) >= 11 is 1.76. The molecule has 116 valence electrons. The smallest absolute Gasteiger partial charge is 0.211 e. The van der Waals surface area contributed by atoms with E-state index in [2.05, 4.69) is 18.2 Å². The summed E-state index contributed by atoms with van der Waals surface area (Å²) in [6.45, 7) is 7.45. The van der Waals surface area contributed by atoms with Crippen LogP contribution in [0.4, 0.5) is 0 Å². The lowest BCUT2D eigenvalue weighted by atomic mass is 9.97. The molecule has 0 amide bonds. The van der Waals surface area contributed by atoms with E-state index in [1.807, 2.05) is 6.92 Å². The summed E-state index contributed by atoms with van der Waals surface area (Å²) in [5, 5.41) is 0. The number of thiazole rings is 1. The predicted molar refractivity (Wildman–Crippen MR) is 85.7 cm³/mol. The van der Waals surface area contributed by atoms with Crippen molar-refractivity contribution >= 4 is 26.2 Å². The summed E-state index contributed by atoms with van der Waals surface area (Å²) < 4.78 is 27.4. The van der Waals surface area contributed by atoms with E-state index in [0.29, 0.717) is 13.1 Å². The first-order valence-electron chi connectivity index (χ1n) is 7.19. The SMILES string of the molecule is Cc1sc2c([C@H]3CCCN(S(C)(=O)=O)C3)nc(C)n2c1C. The number of piperidine rings is 1. The summed E-state index contributed by atoms with van der Waals surface area (Å²) in [6.07, 6.45) is 3.20. The zero-order chi connectivity index (χ0) is 15.4. The molecule has 1 fully saturated rings. The van der Waals surface area contributed by atoms with E-state index in [0.717, 1.165) is 24.4 Å². The van der Waals surface area contributed by atoms with Crippen molar-refractivity contribution in [3.63, 3.8) is 0 Å². The van der Waals surface area contributed by atoms with Crippen LogP contribution in [0.3, 0.4) is 0 Å². The molecular weight excluding hydrogens is 306 g/mol. The van der Waals surface area contributed by atoms with Gasteiger partial charge in [-0.15, -0.1) is 11.3 Å². The van der Waals surface area contributed by atoms with Gasteiger partial charge >= 0.3 is 0 Å². The fourth-order valence-electron chi connectivity index (χ4n) is 3.14. The lowest BCUT2D eigenvalue weighted by Crippen LogP contribution is -2.38. The summed E-state index contributed by atoms with van der Waals surface area (Å²) in [6, 6.07) is 0. The summed E-state index contributed by atoms with van der Waals surface area (Å²) in [5.74, 6) is 1.20. The Hall–Kier alpha value is -0.920. The third-order valence-corrected chi connectivity index (χ3v) is 6.82. The van der Waals surface area contributed by atoms with Crippen molar-refractivity contribution in [3.8, 4) is 0 Å². The van der Waals surface area contributed by atoms with Gasteiger partial charge in [-0.25, -0.2) is 17.7 Å². The van der Waals surface area contributed by atoms with Gasteiger partial charge < -0.3 is 0 Å².